The van der Waals surface area contributed by atoms with Crippen LogP contribution in [0.3, 0.4) is 0 Å². The predicted octanol–water partition coefficient (Wildman–Crippen LogP) is 3.72. The van der Waals surface area contributed by atoms with Gasteiger partial charge in [-0.3, -0.25) is 9.97 Å². The highest BCUT2D eigenvalue weighted by molar-refractivity contribution is 5.78. The minimum atomic E-state index is -0.282. The molecule has 0 saturated heterocycles. The van der Waals surface area contributed by atoms with Crippen LogP contribution in [0.1, 0.15) is 24.0 Å². The molecule has 124 valence electrons. The fourth-order valence-corrected chi connectivity index (χ4v) is 3.31. The van der Waals surface area contributed by atoms with Crippen LogP contribution in [0, 0.1) is 12.7 Å². The molecule has 5 heteroatoms. The van der Waals surface area contributed by atoms with Crippen LogP contribution in [0.25, 0.3) is 22.1 Å². The molecule has 2 aromatic heterocycles. The Labute approximate surface area is 145 Å². The lowest BCUT2D eigenvalue weighted by Crippen LogP contribution is -2.37. The lowest BCUT2D eigenvalue weighted by atomic mass is 9.98. The molecule has 0 bridgehead atoms. The Morgan fingerprint density at radius 1 is 1.04 bits per heavy atom. The van der Waals surface area contributed by atoms with Crippen molar-refractivity contribution >= 4 is 22.1 Å². The Morgan fingerprint density at radius 3 is 2.72 bits per heavy atom. The van der Waals surface area contributed by atoms with Gasteiger partial charge in [0.25, 0.3) is 0 Å². The van der Waals surface area contributed by atoms with Crippen LogP contribution in [0.2, 0.25) is 0 Å². The number of fused-ring (bicyclic) bond motifs is 2. The van der Waals surface area contributed by atoms with Crippen LogP contribution in [-0.4, -0.2) is 15.0 Å². The summed E-state index contributed by atoms with van der Waals surface area (Å²) >= 11 is 0. The highest BCUT2D eigenvalue weighted by Crippen LogP contribution is 2.25. The molecule has 4 rings (SSSR count). The summed E-state index contributed by atoms with van der Waals surface area (Å²) in [5.74, 6) is -0.207. The molecular formula is C20H18FN4+. The SMILES string of the molecule is Cc1cccc2c1ncc[n+]2CC(C)c1cc(F)cc2nccnc12. The van der Waals surface area contributed by atoms with E-state index in [1.807, 2.05) is 18.5 Å². The van der Waals surface area contributed by atoms with Crippen molar-refractivity contribution in [2.45, 2.75) is 26.3 Å². The maximum Gasteiger partial charge on any atom is 0.231 e. The molecule has 0 radical (unpaired) electrons. The van der Waals surface area contributed by atoms with E-state index in [0.29, 0.717) is 12.1 Å². The maximum atomic E-state index is 14.0. The Kier molecular flexibility index (Phi) is 3.84. The number of aromatic nitrogens is 4. The van der Waals surface area contributed by atoms with Gasteiger partial charge < -0.3 is 0 Å². The lowest BCUT2D eigenvalue weighted by Gasteiger charge is -2.12. The molecule has 0 aliphatic carbocycles. The van der Waals surface area contributed by atoms with Gasteiger partial charge in [0.1, 0.15) is 11.3 Å². The van der Waals surface area contributed by atoms with Crippen molar-refractivity contribution < 1.29 is 8.96 Å². The van der Waals surface area contributed by atoms with Gasteiger partial charge >= 0.3 is 0 Å². The van der Waals surface area contributed by atoms with Crippen molar-refractivity contribution in [1.29, 1.82) is 0 Å². The third-order valence-electron chi connectivity index (χ3n) is 4.55. The van der Waals surface area contributed by atoms with E-state index in [9.17, 15) is 4.39 Å². The zero-order valence-electron chi connectivity index (χ0n) is 14.1. The molecule has 1 atom stereocenters. The van der Waals surface area contributed by atoms with Crippen LogP contribution in [0.5, 0.6) is 0 Å². The number of hydrogen-bond donors (Lipinski definition) is 0. The zero-order valence-corrected chi connectivity index (χ0v) is 14.1. The molecule has 2 heterocycles. The molecule has 4 aromatic rings. The Hall–Kier alpha value is -2.95. The van der Waals surface area contributed by atoms with Gasteiger partial charge in [0.15, 0.2) is 12.7 Å². The monoisotopic (exact) mass is 333 g/mol. The minimum Gasteiger partial charge on any atom is -0.253 e. The van der Waals surface area contributed by atoms with Gasteiger partial charge in [-0.15, -0.1) is 0 Å². The number of para-hydroxylation sites is 1. The van der Waals surface area contributed by atoms with Gasteiger partial charge in [-0.05, 0) is 24.1 Å². The fraction of sp³-hybridized carbons (Fsp3) is 0.200. The molecule has 0 amide bonds. The first kappa shape index (κ1) is 15.6. The van der Waals surface area contributed by atoms with Crippen molar-refractivity contribution in [2.24, 2.45) is 0 Å². The second-order valence-electron chi connectivity index (χ2n) is 6.34. The van der Waals surface area contributed by atoms with Crippen LogP contribution in [0.4, 0.5) is 4.39 Å². The predicted molar refractivity (Wildman–Crippen MR) is 94.6 cm³/mol. The number of nitrogens with zero attached hydrogens (tertiary/aromatic N) is 4. The highest BCUT2D eigenvalue weighted by atomic mass is 19.1. The van der Waals surface area contributed by atoms with E-state index in [-0.39, 0.29) is 11.7 Å². The van der Waals surface area contributed by atoms with E-state index in [2.05, 4.69) is 45.5 Å². The van der Waals surface area contributed by atoms with Gasteiger partial charge in [-0.25, -0.2) is 9.37 Å². The smallest absolute Gasteiger partial charge is 0.231 e. The number of halogens is 1. The first-order valence-corrected chi connectivity index (χ1v) is 8.27. The normalized spacial score (nSPS) is 12.6. The quantitative estimate of drug-likeness (QED) is 0.537. The molecular weight excluding hydrogens is 315 g/mol. The zero-order chi connectivity index (χ0) is 17.4. The van der Waals surface area contributed by atoms with Crippen molar-refractivity contribution in [2.75, 3.05) is 0 Å². The maximum absolute atomic E-state index is 14.0. The first-order chi connectivity index (χ1) is 12.1. The van der Waals surface area contributed by atoms with E-state index in [1.165, 1.54) is 6.07 Å². The van der Waals surface area contributed by atoms with Crippen molar-refractivity contribution in [3.8, 4) is 0 Å². The second kappa shape index (κ2) is 6.16. The Balaban J connectivity index is 1.79. The van der Waals surface area contributed by atoms with E-state index < -0.39 is 0 Å². The molecule has 0 aliphatic rings. The number of aryl methyl sites for hydroxylation is 1. The third kappa shape index (κ3) is 2.82. The minimum absolute atomic E-state index is 0.0750. The summed E-state index contributed by atoms with van der Waals surface area (Å²) in [5.41, 5.74) is 5.41. The van der Waals surface area contributed by atoms with E-state index >= 15 is 0 Å². The summed E-state index contributed by atoms with van der Waals surface area (Å²) in [5, 5.41) is 0. The van der Waals surface area contributed by atoms with E-state index in [0.717, 1.165) is 27.7 Å². The van der Waals surface area contributed by atoms with E-state index in [4.69, 9.17) is 0 Å². The third-order valence-corrected chi connectivity index (χ3v) is 4.55. The Bertz CT molecular complexity index is 1080. The van der Waals surface area contributed by atoms with Crippen molar-refractivity contribution in [3.05, 3.63) is 72.1 Å². The summed E-state index contributed by atoms with van der Waals surface area (Å²) in [7, 11) is 0. The fourth-order valence-electron chi connectivity index (χ4n) is 3.31. The topological polar surface area (TPSA) is 42.5 Å². The highest BCUT2D eigenvalue weighted by Gasteiger charge is 2.19. The average Bonchev–Trinajstić information content (AvgIpc) is 2.62. The van der Waals surface area contributed by atoms with Crippen molar-refractivity contribution in [3.63, 3.8) is 0 Å². The summed E-state index contributed by atoms with van der Waals surface area (Å²) < 4.78 is 16.2. The molecule has 2 aromatic carbocycles. The molecule has 0 saturated carbocycles. The first-order valence-electron chi connectivity index (χ1n) is 8.27. The van der Waals surface area contributed by atoms with Crippen LogP contribution in [-0.2, 0) is 6.54 Å². The average molecular weight is 333 g/mol. The second-order valence-corrected chi connectivity index (χ2v) is 6.34. The van der Waals surface area contributed by atoms with Gasteiger partial charge in [-0.1, -0.05) is 19.1 Å². The van der Waals surface area contributed by atoms with Gasteiger partial charge in [-0.2, -0.15) is 4.57 Å². The molecule has 0 spiro atoms. The molecule has 1 unspecified atom stereocenters. The number of hydrogen-bond acceptors (Lipinski definition) is 3. The van der Waals surface area contributed by atoms with Crippen LogP contribution < -0.4 is 4.57 Å². The largest absolute Gasteiger partial charge is 0.253 e. The van der Waals surface area contributed by atoms with Crippen LogP contribution >= 0.6 is 0 Å². The summed E-state index contributed by atoms with van der Waals surface area (Å²) in [6.07, 6.45) is 7.01. The number of benzene rings is 2. The molecule has 0 aliphatic heterocycles. The van der Waals surface area contributed by atoms with Crippen molar-refractivity contribution in [1.82, 2.24) is 15.0 Å². The summed E-state index contributed by atoms with van der Waals surface area (Å²) in [4.78, 5) is 13.1. The van der Waals surface area contributed by atoms with Gasteiger partial charge in [0.2, 0.25) is 5.52 Å². The van der Waals surface area contributed by atoms with E-state index in [1.54, 1.807) is 18.5 Å². The van der Waals surface area contributed by atoms with Crippen LogP contribution in [0.15, 0.2) is 55.1 Å². The lowest BCUT2D eigenvalue weighted by molar-refractivity contribution is -0.674. The van der Waals surface area contributed by atoms with Gasteiger partial charge in [0.05, 0.1) is 17.2 Å². The number of rotatable bonds is 3. The molecule has 0 fully saturated rings. The Morgan fingerprint density at radius 2 is 1.84 bits per heavy atom. The molecule has 25 heavy (non-hydrogen) atoms. The summed E-state index contributed by atoms with van der Waals surface area (Å²) in [6.45, 7) is 4.84. The standard InChI is InChI=1S/C20H18FN4/c1-13-4-3-5-18-19(13)24-8-9-25(18)12-14(2)16-10-15(21)11-17-20(16)23-7-6-22-17/h3-11,14H,12H2,1-2H3/q+1. The molecule has 4 nitrogen and oxygen atoms in total. The van der Waals surface area contributed by atoms with Gasteiger partial charge in [0, 0.05) is 30.4 Å². The molecule has 0 N–H and O–H groups in total. The summed E-state index contributed by atoms with van der Waals surface area (Å²) in [6, 6.07) is 9.14.